The predicted octanol–water partition coefficient (Wildman–Crippen LogP) is 7.09. The Balaban J connectivity index is 1.32. The lowest BCUT2D eigenvalue weighted by atomic mass is 10.1. The second-order valence-corrected chi connectivity index (χ2v) is 11.1. The smallest absolute Gasteiger partial charge is 0.325 e. The van der Waals surface area contributed by atoms with Crippen LogP contribution in [0.1, 0.15) is 52.5 Å². The Bertz CT molecular complexity index is 1500. The minimum atomic E-state index is -4.63. The molecule has 0 bridgehead atoms. The maximum absolute atomic E-state index is 13.7. The first-order chi connectivity index (χ1) is 18.4. The van der Waals surface area contributed by atoms with Crippen LogP contribution in [0.3, 0.4) is 0 Å². The highest BCUT2D eigenvalue weighted by Crippen LogP contribution is 2.49. The molecular weight excluding hydrogens is 583 g/mol. The van der Waals surface area contributed by atoms with Gasteiger partial charge in [0.1, 0.15) is 16.1 Å². The third kappa shape index (κ3) is 5.73. The molecule has 1 heterocycles. The van der Waals surface area contributed by atoms with Gasteiger partial charge < -0.3 is 16.0 Å². The summed E-state index contributed by atoms with van der Waals surface area (Å²) in [6.07, 6.45) is -2.61. The van der Waals surface area contributed by atoms with E-state index in [9.17, 15) is 31.9 Å². The number of amides is 3. The summed E-state index contributed by atoms with van der Waals surface area (Å²) in [5, 5.41) is 7.39. The number of hydrogen-bond acceptors (Lipinski definition) is 5. The Morgan fingerprint density at radius 2 is 1.62 bits per heavy atom. The van der Waals surface area contributed by atoms with Gasteiger partial charge >= 0.3 is 6.18 Å². The fourth-order valence-electron chi connectivity index (χ4n) is 3.88. The zero-order chi connectivity index (χ0) is 28.1. The quantitative estimate of drug-likeness (QED) is 0.199. The van der Waals surface area contributed by atoms with E-state index in [1.54, 1.807) is 0 Å². The van der Waals surface area contributed by atoms with Crippen molar-refractivity contribution in [3.8, 4) is 0 Å². The van der Waals surface area contributed by atoms with Crippen molar-refractivity contribution in [2.75, 3.05) is 16.0 Å². The average molecular weight is 601 g/mol. The van der Waals surface area contributed by atoms with Crippen molar-refractivity contribution in [2.24, 2.45) is 5.41 Å². The first kappa shape index (κ1) is 27.4. The molecule has 14 heteroatoms. The number of anilines is 3. The number of rotatable bonds is 7. The molecule has 3 aromatic rings. The average Bonchev–Trinajstić information content (AvgIpc) is 3.80. The zero-order valence-corrected chi connectivity index (χ0v) is 22.0. The Morgan fingerprint density at radius 1 is 0.949 bits per heavy atom. The van der Waals surface area contributed by atoms with Gasteiger partial charge in [0.2, 0.25) is 11.8 Å². The van der Waals surface area contributed by atoms with E-state index in [-0.39, 0.29) is 50.2 Å². The van der Waals surface area contributed by atoms with Crippen LogP contribution in [0.2, 0.25) is 10.0 Å². The molecule has 2 fully saturated rings. The van der Waals surface area contributed by atoms with E-state index < -0.39 is 40.7 Å². The highest BCUT2D eigenvalue weighted by atomic mass is 35.5. The molecule has 0 atom stereocenters. The zero-order valence-electron chi connectivity index (χ0n) is 19.7. The van der Waals surface area contributed by atoms with Crippen LogP contribution in [-0.4, -0.2) is 22.7 Å². The van der Waals surface area contributed by atoms with Gasteiger partial charge in [-0.15, -0.1) is 0 Å². The molecule has 2 aliphatic rings. The molecule has 1 aromatic heterocycles. The standard InChI is InChI=1S/C25H18Cl2F4N4O3S/c26-14-6-4-13(10-16(14)28)32-21(37)24(7-8-24)22(38)35-23-34-18(11-1-2-11)19(39-23)20(36)33-17-9-12(25(29,30)31)3-5-15(17)27/h3-6,9-11H,1-2,7-8H2,(H,32,37)(H,33,36)(H,34,35,38). The first-order valence-electron chi connectivity index (χ1n) is 11.6. The number of nitrogens with one attached hydrogen (secondary N) is 3. The van der Waals surface area contributed by atoms with Crippen LogP contribution in [0, 0.1) is 11.2 Å². The molecule has 2 aliphatic carbocycles. The number of carbonyl (C=O) groups excluding carboxylic acids is 3. The molecule has 0 aliphatic heterocycles. The summed E-state index contributed by atoms with van der Waals surface area (Å²) in [4.78, 5) is 43.5. The number of aromatic nitrogens is 1. The normalized spacial score (nSPS) is 15.9. The third-order valence-electron chi connectivity index (χ3n) is 6.38. The van der Waals surface area contributed by atoms with Crippen LogP contribution in [0.5, 0.6) is 0 Å². The maximum atomic E-state index is 13.7. The second-order valence-electron chi connectivity index (χ2n) is 9.27. The molecular formula is C25H18Cl2F4N4O3S. The third-order valence-corrected chi connectivity index (χ3v) is 8.00. The minimum Gasteiger partial charge on any atom is -0.325 e. The number of carbonyl (C=O) groups is 3. The molecule has 0 saturated heterocycles. The van der Waals surface area contributed by atoms with E-state index >= 15 is 0 Å². The summed E-state index contributed by atoms with van der Waals surface area (Å²) in [6.45, 7) is 0. The van der Waals surface area contributed by atoms with Crippen LogP contribution >= 0.6 is 34.5 Å². The van der Waals surface area contributed by atoms with E-state index in [2.05, 4.69) is 20.9 Å². The molecule has 2 aromatic carbocycles. The van der Waals surface area contributed by atoms with Crippen molar-refractivity contribution < 1.29 is 31.9 Å². The van der Waals surface area contributed by atoms with Crippen LogP contribution < -0.4 is 16.0 Å². The molecule has 0 unspecified atom stereocenters. The molecule has 3 amide bonds. The van der Waals surface area contributed by atoms with E-state index in [4.69, 9.17) is 23.2 Å². The Kier molecular flexibility index (Phi) is 7.06. The Labute approximate surface area is 232 Å². The van der Waals surface area contributed by atoms with Crippen molar-refractivity contribution in [1.29, 1.82) is 0 Å². The number of benzene rings is 2. The van der Waals surface area contributed by atoms with Crippen molar-refractivity contribution in [3.63, 3.8) is 0 Å². The van der Waals surface area contributed by atoms with Crippen molar-refractivity contribution in [1.82, 2.24) is 4.98 Å². The first-order valence-corrected chi connectivity index (χ1v) is 13.2. The predicted molar refractivity (Wildman–Crippen MR) is 139 cm³/mol. The van der Waals surface area contributed by atoms with Crippen LogP contribution in [0.25, 0.3) is 0 Å². The molecule has 0 radical (unpaired) electrons. The summed E-state index contributed by atoms with van der Waals surface area (Å²) < 4.78 is 53.1. The Hall–Kier alpha value is -3.22. The van der Waals surface area contributed by atoms with Gasteiger partial charge in [-0.3, -0.25) is 14.4 Å². The van der Waals surface area contributed by atoms with Gasteiger partial charge in [-0.1, -0.05) is 34.5 Å². The van der Waals surface area contributed by atoms with Gasteiger partial charge in [-0.05, 0) is 62.1 Å². The molecule has 204 valence electrons. The van der Waals surface area contributed by atoms with Crippen LogP contribution in [-0.2, 0) is 15.8 Å². The van der Waals surface area contributed by atoms with Crippen molar-refractivity contribution in [2.45, 2.75) is 37.8 Å². The number of hydrogen-bond donors (Lipinski definition) is 3. The molecule has 2 saturated carbocycles. The number of halogens is 6. The molecule has 5 rings (SSSR count). The summed E-state index contributed by atoms with van der Waals surface area (Å²) in [7, 11) is 0. The molecule has 3 N–H and O–H groups in total. The fraction of sp³-hybridized carbons (Fsp3) is 0.280. The highest BCUT2D eigenvalue weighted by Gasteiger charge is 2.57. The lowest BCUT2D eigenvalue weighted by Gasteiger charge is -2.14. The van der Waals surface area contributed by atoms with Crippen molar-refractivity contribution >= 4 is 68.8 Å². The summed E-state index contributed by atoms with van der Waals surface area (Å²) in [5.74, 6) is -2.75. The van der Waals surface area contributed by atoms with Gasteiger partial charge in [-0.25, -0.2) is 9.37 Å². The van der Waals surface area contributed by atoms with Gasteiger partial charge in [0, 0.05) is 11.6 Å². The lowest BCUT2D eigenvalue weighted by Crippen LogP contribution is -2.35. The van der Waals surface area contributed by atoms with Gasteiger partial charge in [0.05, 0.1) is 27.0 Å². The second kappa shape index (κ2) is 10.1. The van der Waals surface area contributed by atoms with E-state index in [1.807, 2.05) is 0 Å². The monoisotopic (exact) mass is 600 g/mol. The van der Waals surface area contributed by atoms with Gasteiger partial charge in [-0.2, -0.15) is 13.2 Å². The van der Waals surface area contributed by atoms with Crippen molar-refractivity contribution in [3.05, 3.63) is 68.4 Å². The number of thiazole rings is 1. The van der Waals surface area contributed by atoms with E-state index in [0.29, 0.717) is 5.69 Å². The van der Waals surface area contributed by atoms with E-state index in [1.165, 1.54) is 12.1 Å². The SMILES string of the molecule is O=C(Nc1cc(C(F)(F)F)ccc1Cl)c1sc(NC(=O)C2(C(=O)Nc3ccc(Cl)c(F)c3)CC2)nc1C1CC1. The molecule has 0 spiro atoms. The number of alkyl halides is 3. The summed E-state index contributed by atoms with van der Waals surface area (Å²) >= 11 is 12.5. The summed E-state index contributed by atoms with van der Waals surface area (Å²) in [6, 6.07) is 6.31. The van der Waals surface area contributed by atoms with Crippen LogP contribution in [0.15, 0.2) is 36.4 Å². The highest BCUT2D eigenvalue weighted by molar-refractivity contribution is 7.17. The van der Waals surface area contributed by atoms with E-state index in [0.717, 1.165) is 48.4 Å². The van der Waals surface area contributed by atoms with Crippen LogP contribution in [0.4, 0.5) is 34.1 Å². The largest absolute Gasteiger partial charge is 0.416 e. The fourth-order valence-corrected chi connectivity index (χ4v) is 5.11. The molecule has 39 heavy (non-hydrogen) atoms. The Morgan fingerprint density at radius 3 is 2.23 bits per heavy atom. The number of nitrogens with zero attached hydrogens (tertiary/aromatic N) is 1. The van der Waals surface area contributed by atoms with Gasteiger partial charge in [0.15, 0.2) is 5.13 Å². The lowest BCUT2D eigenvalue weighted by molar-refractivity contribution is -0.137. The topological polar surface area (TPSA) is 100 Å². The van der Waals surface area contributed by atoms with Gasteiger partial charge in [0.25, 0.3) is 5.91 Å². The minimum absolute atomic E-state index is 0.0392. The molecule has 7 nitrogen and oxygen atoms in total. The maximum Gasteiger partial charge on any atom is 0.416 e. The summed E-state index contributed by atoms with van der Waals surface area (Å²) in [5.41, 5.74) is -2.05.